The first-order valence-electron chi connectivity index (χ1n) is 5.95. The summed E-state index contributed by atoms with van der Waals surface area (Å²) in [4.78, 5) is 13.5. The Morgan fingerprint density at radius 3 is 2.71 bits per heavy atom. The van der Waals surface area contributed by atoms with Crippen molar-refractivity contribution >= 4 is 6.09 Å². The van der Waals surface area contributed by atoms with Gasteiger partial charge in [-0.15, -0.1) is 0 Å². The monoisotopic (exact) mass is 237 g/mol. The minimum absolute atomic E-state index is 0.0150. The van der Waals surface area contributed by atoms with Crippen LogP contribution in [-0.2, 0) is 4.74 Å². The molecule has 0 aromatic carbocycles. The van der Waals surface area contributed by atoms with Crippen LogP contribution in [0.4, 0.5) is 4.79 Å². The van der Waals surface area contributed by atoms with E-state index in [4.69, 9.17) is 10.00 Å². The molecule has 5 nitrogen and oxygen atoms in total. The van der Waals surface area contributed by atoms with Gasteiger partial charge in [-0.2, -0.15) is 5.26 Å². The summed E-state index contributed by atoms with van der Waals surface area (Å²) >= 11 is 0. The summed E-state index contributed by atoms with van der Waals surface area (Å²) in [7, 11) is 0. The van der Waals surface area contributed by atoms with Crippen molar-refractivity contribution in [1.82, 2.24) is 10.2 Å². The third-order valence-corrected chi connectivity index (χ3v) is 3.38. The Balaban J connectivity index is 1.91. The molecular formula is C12H19N3O2. The summed E-state index contributed by atoms with van der Waals surface area (Å²) in [6.07, 6.45) is -0.272. The van der Waals surface area contributed by atoms with Crippen LogP contribution in [-0.4, -0.2) is 42.8 Å². The van der Waals surface area contributed by atoms with Gasteiger partial charge < -0.3 is 15.0 Å². The Bertz CT molecular complexity index is 361. The fourth-order valence-electron chi connectivity index (χ4n) is 2.49. The van der Waals surface area contributed by atoms with Crippen molar-refractivity contribution in [2.75, 3.05) is 26.2 Å². The van der Waals surface area contributed by atoms with E-state index in [2.05, 4.69) is 11.4 Å². The largest absolute Gasteiger partial charge is 0.444 e. The number of hydrogen-bond acceptors (Lipinski definition) is 4. The van der Waals surface area contributed by atoms with Crippen molar-refractivity contribution in [3.05, 3.63) is 0 Å². The molecule has 0 aromatic rings. The van der Waals surface area contributed by atoms with E-state index in [1.165, 1.54) is 0 Å². The Hall–Kier alpha value is -1.28. The molecule has 2 rings (SSSR count). The van der Waals surface area contributed by atoms with Crippen LogP contribution in [0.3, 0.4) is 0 Å². The third kappa shape index (κ3) is 2.22. The van der Waals surface area contributed by atoms with Crippen LogP contribution in [0.25, 0.3) is 0 Å². The molecule has 1 amide bonds. The summed E-state index contributed by atoms with van der Waals surface area (Å²) in [5.41, 5.74) is -0.492. The second-order valence-electron chi connectivity index (χ2n) is 6.01. The maximum Gasteiger partial charge on any atom is 0.410 e. The van der Waals surface area contributed by atoms with Gasteiger partial charge in [0.15, 0.2) is 0 Å². The lowest BCUT2D eigenvalue weighted by Gasteiger charge is -2.48. The molecule has 0 aliphatic carbocycles. The van der Waals surface area contributed by atoms with E-state index >= 15 is 0 Å². The van der Waals surface area contributed by atoms with Crippen molar-refractivity contribution in [1.29, 1.82) is 5.26 Å². The number of amides is 1. The first-order valence-corrected chi connectivity index (χ1v) is 5.95. The lowest BCUT2D eigenvalue weighted by molar-refractivity contribution is -0.0358. The highest BCUT2D eigenvalue weighted by Crippen LogP contribution is 2.40. The van der Waals surface area contributed by atoms with Gasteiger partial charge in [0.25, 0.3) is 0 Å². The topological polar surface area (TPSA) is 65.4 Å². The number of carbonyl (C=O) groups is 1. The molecule has 2 aliphatic heterocycles. The molecule has 0 bridgehead atoms. The van der Waals surface area contributed by atoms with Crippen molar-refractivity contribution < 1.29 is 9.53 Å². The third-order valence-electron chi connectivity index (χ3n) is 3.38. The highest BCUT2D eigenvalue weighted by Gasteiger charge is 2.54. The average Bonchev–Trinajstić information content (AvgIpc) is 2.55. The first-order chi connectivity index (χ1) is 7.86. The van der Waals surface area contributed by atoms with Gasteiger partial charge in [0, 0.05) is 31.6 Å². The molecule has 0 radical (unpaired) electrons. The SMILES string of the molecule is CC(C)(C)OC(=O)N1CC2(CNCC2C#N)C1. The molecule has 0 saturated carbocycles. The van der Waals surface area contributed by atoms with Crippen LogP contribution in [0.1, 0.15) is 20.8 Å². The van der Waals surface area contributed by atoms with Gasteiger partial charge in [0.2, 0.25) is 0 Å². The first kappa shape index (κ1) is 12.2. The molecule has 1 spiro atoms. The van der Waals surface area contributed by atoms with Gasteiger partial charge >= 0.3 is 6.09 Å². The molecule has 94 valence electrons. The second kappa shape index (κ2) is 3.88. The number of nitrogens with zero attached hydrogens (tertiary/aromatic N) is 2. The van der Waals surface area contributed by atoms with E-state index in [9.17, 15) is 4.79 Å². The predicted octanol–water partition coefficient (Wildman–Crippen LogP) is 0.966. The minimum Gasteiger partial charge on any atom is -0.444 e. The zero-order valence-corrected chi connectivity index (χ0v) is 10.6. The van der Waals surface area contributed by atoms with Crippen molar-refractivity contribution in [2.24, 2.45) is 11.3 Å². The number of carbonyl (C=O) groups excluding carboxylic acids is 1. The molecule has 17 heavy (non-hydrogen) atoms. The van der Waals surface area contributed by atoms with E-state index in [1.54, 1.807) is 4.90 Å². The Kier molecular flexibility index (Phi) is 2.78. The standard InChI is InChI=1S/C12H19N3O2/c1-11(2,3)17-10(16)15-7-12(8-15)6-14-5-9(12)4-13/h9,14H,5-8H2,1-3H3. The Morgan fingerprint density at radius 2 is 2.18 bits per heavy atom. The van der Waals surface area contributed by atoms with E-state index in [0.29, 0.717) is 13.1 Å². The lowest BCUT2D eigenvalue weighted by Crippen LogP contribution is -2.62. The summed E-state index contributed by atoms with van der Waals surface area (Å²) in [5, 5.41) is 12.3. The summed E-state index contributed by atoms with van der Waals surface area (Å²) in [6.45, 7) is 8.39. The maximum atomic E-state index is 11.8. The number of likely N-dealkylation sites (tertiary alicyclic amines) is 1. The van der Waals surface area contributed by atoms with Crippen LogP contribution in [0.2, 0.25) is 0 Å². The molecule has 0 aromatic heterocycles. The van der Waals surface area contributed by atoms with Crippen LogP contribution in [0.15, 0.2) is 0 Å². The van der Waals surface area contributed by atoms with E-state index in [1.807, 2.05) is 20.8 Å². The van der Waals surface area contributed by atoms with Crippen molar-refractivity contribution in [3.8, 4) is 6.07 Å². The Labute approximate surface area is 102 Å². The molecule has 2 fully saturated rings. The van der Waals surface area contributed by atoms with Crippen molar-refractivity contribution in [3.63, 3.8) is 0 Å². The van der Waals surface area contributed by atoms with Gasteiger partial charge in [-0.05, 0) is 20.8 Å². The summed E-state index contributed by atoms with van der Waals surface area (Å²) in [5.74, 6) is 0.0150. The normalized spacial score (nSPS) is 26.5. The molecule has 1 atom stereocenters. The smallest absolute Gasteiger partial charge is 0.410 e. The minimum atomic E-state index is -0.456. The number of rotatable bonds is 0. The fraction of sp³-hybridized carbons (Fsp3) is 0.833. The summed E-state index contributed by atoms with van der Waals surface area (Å²) in [6, 6.07) is 2.32. The number of nitrogens with one attached hydrogen (secondary N) is 1. The van der Waals surface area contributed by atoms with Gasteiger partial charge in [0.05, 0.1) is 12.0 Å². The van der Waals surface area contributed by atoms with Crippen LogP contribution >= 0.6 is 0 Å². The van der Waals surface area contributed by atoms with Gasteiger partial charge in [-0.25, -0.2) is 4.79 Å². The molecule has 2 aliphatic rings. The molecule has 5 heteroatoms. The molecule has 1 N–H and O–H groups in total. The Morgan fingerprint density at radius 1 is 1.53 bits per heavy atom. The van der Waals surface area contributed by atoms with Crippen LogP contribution in [0, 0.1) is 22.7 Å². The average molecular weight is 237 g/mol. The van der Waals surface area contributed by atoms with E-state index in [0.717, 1.165) is 13.1 Å². The molecular weight excluding hydrogens is 218 g/mol. The molecule has 1 unspecified atom stereocenters. The highest BCUT2D eigenvalue weighted by molar-refractivity contribution is 5.69. The van der Waals surface area contributed by atoms with Crippen molar-refractivity contribution in [2.45, 2.75) is 26.4 Å². The van der Waals surface area contributed by atoms with Gasteiger partial charge in [-0.1, -0.05) is 0 Å². The van der Waals surface area contributed by atoms with E-state index < -0.39 is 5.60 Å². The second-order valence-corrected chi connectivity index (χ2v) is 6.01. The van der Waals surface area contributed by atoms with Crippen LogP contribution < -0.4 is 5.32 Å². The summed E-state index contributed by atoms with van der Waals surface area (Å²) < 4.78 is 5.30. The molecule has 2 heterocycles. The number of nitriles is 1. The predicted molar refractivity (Wildman–Crippen MR) is 62.2 cm³/mol. The highest BCUT2D eigenvalue weighted by atomic mass is 16.6. The van der Waals surface area contributed by atoms with E-state index in [-0.39, 0.29) is 17.4 Å². The maximum absolute atomic E-state index is 11.8. The molecule has 2 saturated heterocycles. The van der Waals surface area contributed by atoms with Gasteiger partial charge in [0.1, 0.15) is 5.60 Å². The fourth-order valence-corrected chi connectivity index (χ4v) is 2.49. The van der Waals surface area contributed by atoms with Crippen LogP contribution in [0.5, 0.6) is 0 Å². The zero-order chi connectivity index (χ0) is 12.7. The lowest BCUT2D eigenvalue weighted by atomic mass is 9.72. The number of ether oxygens (including phenoxy) is 1. The van der Waals surface area contributed by atoms with Gasteiger partial charge in [-0.3, -0.25) is 0 Å². The quantitative estimate of drug-likeness (QED) is 0.681. The number of hydrogen-bond donors (Lipinski definition) is 1. The zero-order valence-electron chi connectivity index (χ0n) is 10.6.